The molecule has 8 atom stereocenters. The molecule has 0 aliphatic heterocycles. The highest BCUT2D eigenvalue weighted by Gasteiger charge is 2.61. The zero-order chi connectivity index (χ0) is 19.4. The number of fused-ring (bicyclic) bond motifs is 5. The zero-order valence-electron chi connectivity index (χ0n) is 17.8. The first-order chi connectivity index (χ1) is 12.7. The molecule has 4 saturated carbocycles. The van der Waals surface area contributed by atoms with Gasteiger partial charge in [0.2, 0.25) is 0 Å². The van der Waals surface area contributed by atoms with Crippen molar-refractivity contribution >= 4 is 0 Å². The van der Waals surface area contributed by atoms with Gasteiger partial charge in [0.25, 0.3) is 0 Å². The van der Waals surface area contributed by atoms with Crippen molar-refractivity contribution in [3.05, 3.63) is 12.2 Å². The summed E-state index contributed by atoms with van der Waals surface area (Å²) in [5.74, 6) is 9.35. The maximum Gasteiger partial charge on any atom is 0.126 e. The van der Waals surface area contributed by atoms with E-state index in [-0.39, 0.29) is 0 Å². The van der Waals surface area contributed by atoms with E-state index in [1.165, 1.54) is 38.5 Å². The molecule has 0 heterocycles. The zero-order valence-corrected chi connectivity index (χ0v) is 17.8. The molecule has 0 unspecified atom stereocenters. The standard InChI is InChI=1S/C25H38O2/c1-17(2)10-13-25(26)15-14-23(3)18(16-25)6-7-19-20-8-9-22(27-5)24(20,4)12-11-21(19)23/h18-22,26H,1,6-9,11-12,14-16H2,2-5H3/t18-,19+,20+,21+,22+,23+,24+,25-/m1/s1. The highest BCUT2D eigenvalue weighted by molar-refractivity contribution is 5.29. The van der Waals surface area contributed by atoms with Crippen LogP contribution in [0.2, 0.25) is 0 Å². The van der Waals surface area contributed by atoms with Crippen LogP contribution in [0.15, 0.2) is 12.2 Å². The van der Waals surface area contributed by atoms with E-state index in [9.17, 15) is 5.11 Å². The Labute approximate surface area is 166 Å². The second-order valence-electron chi connectivity index (χ2n) is 10.8. The van der Waals surface area contributed by atoms with Crippen molar-refractivity contribution in [1.82, 2.24) is 0 Å². The summed E-state index contributed by atoms with van der Waals surface area (Å²) < 4.78 is 5.91. The summed E-state index contributed by atoms with van der Waals surface area (Å²) in [6, 6.07) is 0. The Morgan fingerprint density at radius 3 is 2.44 bits per heavy atom. The highest BCUT2D eigenvalue weighted by Crippen LogP contribution is 2.67. The molecule has 0 aromatic rings. The molecule has 150 valence electrons. The molecule has 1 N–H and O–H groups in total. The van der Waals surface area contributed by atoms with E-state index in [4.69, 9.17) is 4.74 Å². The summed E-state index contributed by atoms with van der Waals surface area (Å²) in [6.45, 7) is 10.9. The second-order valence-corrected chi connectivity index (χ2v) is 10.8. The first kappa shape index (κ1) is 19.5. The molecule has 0 spiro atoms. The van der Waals surface area contributed by atoms with Gasteiger partial charge >= 0.3 is 0 Å². The van der Waals surface area contributed by atoms with E-state index in [0.717, 1.165) is 42.6 Å². The average molecular weight is 371 g/mol. The Bertz CT molecular complexity index is 672. The smallest absolute Gasteiger partial charge is 0.126 e. The van der Waals surface area contributed by atoms with Gasteiger partial charge in [-0.3, -0.25) is 0 Å². The molecule has 2 heteroatoms. The third-order valence-electron chi connectivity index (χ3n) is 9.43. The Kier molecular flexibility index (Phi) is 4.80. The predicted molar refractivity (Wildman–Crippen MR) is 110 cm³/mol. The molecule has 0 aromatic heterocycles. The number of allylic oxidation sites excluding steroid dienone is 1. The van der Waals surface area contributed by atoms with E-state index in [2.05, 4.69) is 32.3 Å². The van der Waals surface area contributed by atoms with Crippen molar-refractivity contribution in [2.45, 2.75) is 90.3 Å². The van der Waals surface area contributed by atoms with Crippen molar-refractivity contribution in [2.24, 2.45) is 34.5 Å². The van der Waals surface area contributed by atoms with Crippen LogP contribution >= 0.6 is 0 Å². The van der Waals surface area contributed by atoms with Crippen LogP contribution in [0.3, 0.4) is 0 Å². The Hall–Kier alpha value is -0.780. The van der Waals surface area contributed by atoms with Gasteiger partial charge in [0.05, 0.1) is 6.10 Å². The summed E-state index contributed by atoms with van der Waals surface area (Å²) >= 11 is 0. The summed E-state index contributed by atoms with van der Waals surface area (Å²) in [4.78, 5) is 0. The van der Waals surface area contributed by atoms with E-state index >= 15 is 0 Å². The maximum absolute atomic E-state index is 11.1. The van der Waals surface area contributed by atoms with Crippen molar-refractivity contribution in [3.63, 3.8) is 0 Å². The fourth-order valence-electron chi connectivity index (χ4n) is 7.92. The molecule has 0 bridgehead atoms. The molecule has 4 rings (SSSR count). The minimum Gasteiger partial charge on any atom is -0.381 e. The van der Waals surface area contributed by atoms with E-state index < -0.39 is 5.60 Å². The Morgan fingerprint density at radius 2 is 1.74 bits per heavy atom. The molecule has 4 fully saturated rings. The van der Waals surface area contributed by atoms with Gasteiger partial charge in [0.1, 0.15) is 5.60 Å². The summed E-state index contributed by atoms with van der Waals surface area (Å²) in [5, 5.41) is 11.1. The number of hydrogen-bond acceptors (Lipinski definition) is 2. The van der Waals surface area contributed by atoms with Gasteiger partial charge in [-0.2, -0.15) is 0 Å². The number of hydrogen-bond donors (Lipinski definition) is 1. The van der Waals surface area contributed by atoms with Crippen LogP contribution in [0.25, 0.3) is 0 Å². The third kappa shape index (κ3) is 3.01. The van der Waals surface area contributed by atoms with E-state index in [0.29, 0.717) is 22.9 Å². The van der Waals surface area contributed by atoms with Crippen LogP contribution in [0.1, 0.15) is 78.6 Å². The normalized spacial score (nSPS) is 51.4. The summed E-state index contributed by atoms with van der Waals surface area (Å²) in [5.41, 5.74) is 0.822. The molecular weight excluding hydrogens is 332 g/mol. The van der Waals surface area contributed by atoms with Gasteiger partial charge in [0.15, 0.2) is 0 Å². The number of rotatable bonds is 1. The minimum absolute atomic E-state index is 0.381. The van der Waals surface area contributed by atoms with Crippen LogP contribution < -0.4 is 0 Å². The molecule has 0 aromatic carbocycles. The van der Waals surface area contributed by atoms with E-state index in [1.807, 2.05) is 14.0 Å². The van der Waals surface area contributed by atoms with Crippen molar-refractivity contribution in [1.29, 1.82) is 0 Å². The van der Waals surface area contributed by atoms with Gasteiger partial charge in [-0.05, 0) is 105 Å². The van der Waals surface area contributed by atoms with Crippen molar-refractivity contribution in [3.8, 4) is 11.8 Å². The molecular formula is C25H38O2. The lowest BCUT2D eigenvalue weighted by molar-refractivity contribution is -0.146. The number of aliphatic hydroxyl groups is 1. The average Bonchev–Trinajstić information content (AvgIpc) is 2.97. The number of methoxy groups -OCH3 is 1. The van der Waals surface area contributed by atoms with E-state index in [1.54, 1.807) is 0 Å². The SMILES string of the molecule is C=C(C)C#C[C@@]1(O)CC[C@@]2(C)[C@H](CC[C@@H]3[C@@H]2CC[C@]2(C)[C@@H](OC)CC[C@@H]32)C1. The topological polar surface area (TPSA) is 29.5 Å². The van der Waals surface area contributed by atoms with Gasteiger partial charge in [-0.25, -0.2) is 0 Å². The van der Waals surface area contributed by atoms with Crippen molar-refractivity contribution in [2.75, 3.05) is 7.11 Å². The van der Waals surface area contributed by atoms with Crippen LogP contribution in [0.5, 0.6) is 0 Å². The Balaban J connectivity index is 1.55. The Morgan fingerprint density at radius 1 is 1.00 bits per heavy atom. The van der Waals surface area contributed by atoms with Crippen molar-refractivity contribution < 1.29 is 9.84 Å². The fraction of sp³-hybridized carbons (Fsp3) is 0.840. The van der Waals surface area contributed by atoms with Crippen LogP contribution in [-0.4, -0.2) is 23.9 Å². The monoisotopic (exact) mass is 370 g/mol. The number of ether oxygens (including phenoxy) is 1. The largest absolute Gasteiger partial charge is 0.381 e. The maximum atomic E-state index is 11.1. The molecule has 4 aliphatic carbocycles. The first-order valence-electron chi connectivity index (χ1n) is 11.2. The summed E-state index contributed by atoms with van der Waals surface area (Å²) in [6.07, 6.45) is 11.1. The summed E-state index contributed by atoms with van der Waals surface area (Å²) in [7, 11) is 1.91. The molecule has 27 heavy (non-hydrogen) atoms. The fourth-order valence-corrected chi connectivity index (χ4v) is 7.92. The lowest BCUT2D eigenvalue weighted by atomic mass is 9.44. The molecule has 0 amide bonds. The van der Waals surface area contributed by atoms with Gasteiger partial charge in [-0.15, -0.1) is 0 Å². The van der Waals surface area contributed by atoms with Crippen LogP contribution in [0, 0.1) is 46.3 Å². The van der Waals surface area contributed by atoms with Gasteiger partial charge in [0, 0.05) is 7.11 Å². The predicted octanol–water partition coefficient (Wildman–Crippen LogP) is 5.35. The second kappa shape index (κ2) is 6.64. The van der Waals surface area contributed by atoms with Crippen LogP contribution in [0.4, 0.5) is 0 Å². The molecule has 0 radical (unpaired) electrons. The van der Waals surface area contributed by atoms with Crippen LogP contribution in [-0.2, 0) is 4.74 Å². The third-order valence-corrected chi connectivity index (χ3v) is 9.43. The first-order valence-corrected chi connectivity index (χ1v) is 11.2. The minimum atomic E-state index is -0.798. The molecule has 2 nitrogen and oxygen atoms in total. The van der Waals surface area contributed by atoms with Gasteiger partial charge in [-0.1, -0.05) is 32.3 Å². The lowest BCUT2D eigenvalue weighted by Gasteiger charge is -2.61. The quantitative estimate of drug-likeness (QED) is 0.630. The molecule has 0 saturated heterocycles. The molecule has 4 aliphatic rings. The lowest BCUT2D eigenvalue weighted by Crippen LogP contribution is -2.56. The van der Waals surface area contributed by atoms with Gasteiger partial charge < -0.3 is 9.84 Å². The highest BCUT2D eigenvalue weighted by atomic mass is 16.5.